The number of nitrogens with one attached hydrogen (secondary N) is 2. The molecule has 164 valence electrons. The van der Waals surface area contributed by atoms with Gasteiger partial charge < -0.3 is 15.5 Å². The Balaban J connectivity index is 1.74. The van der Waals surface area contributed by atoms with Crippen LogP contribution in [0.4, 0.5) is 15.9 Å². The Labute approximate surface area is 186 Å². The first-order valence-corrected chi connectivity index (χ1v) is 10.5. The number of halogens is 1. The number of anilines is 2. The van der Waals surface area contributed by atoms with Crippen molar-refractivity contribution in [2.75, 3.05) is 30.8 Å². The van der Waals surface area contributed by atoms with E-state index in [1.807, 2.05) is 39.0 Å². The summed E-state index contributed by atoms with van der Waals surface area (Å²) in [6.45, 7) is 6.03. The second kappa shape index (κ2) is 8.42. The van der Waals surface area contributed by atoms with E-state index in [1.54, 1.807) is 19.2 Å². The molecular formula is C24H25FN6O. The lowest BCUT2D eigenvalue weighted by Crippen LogP contribution is -2.51. The standard InChI is InChI=1S/C24H25FN6O/c1-13-16(10-26)6-5-7-18(13)14(2)28-23-20-9-22(27-4)21(8-19(20)15(3)29-30-23)24(32)31-11-17(25)12-31/h5-9,14,17,27H,11-12H2,1-4H3,(H,28,30). The number of alkyl halides is 1. The fraction of sp³-hybridized carbons (Fsp3) is 0.333. The zero-order valence-electron chi connectivity index (χ0n) is 18.5. The van der Waals surface area contributed by atoms with E-state index >= 15 is 0 Å². The van der Waals surface area contributed by atoms with Gasteiger partial charge in [0.1, 0.15) is 6.17 Å². The molecule has 1 amide bonds. The van der Waals surface area contributed by atoms with E-state index in [4.69, 9.17) is 0 Å². The highest BCUT2D eigenvalue weighted by atomic mass is 19.1. The largest absolute Gasteiger partial charge is 0.387 e. The monoisotopic (exact) mass is 432 g/mol. The smallest absolute Gasteiger partial charge is 0.256 e. The molecule has 4 rings (SSSR count). The summed E-state index contributed by atoms with van der Waals surface area (Å²) in [5, 5.41) is 26.1. The van der Waals surface area contributed by atoms with E-state index in [2.05, 4.69) is 26.9 Å². The molecule has 2 aromatic carbocycles. The van der Waals surface area contributed by atoms with Crippen LogP contribution >= 0.6 is 0 Å². The van der Waals surface area contributed by atoms with Gasteiger partial charge in [-0.3, -0.25) is 4.79 Å². The van der Waals surface area contributed by atoms with Crippen LogP contribution in [-0.2, 0) is 0 Å². The molecule has 1 aliphatic rings. The molecule has 3 aromatic rings. The third kappa shape index (κ3) is 3.71. The highest BCUT2D eigenvalue weighted by Crippen LogP contribution is 2.33. The molecule has 7 nitrogen and oxygen atoms in total. The highest BCUT2D eigenvalue weighted by Gasteiger charge is 2.32. The normalized spacial score (nSPS) is 14.6. The van der Waals surface area contributed by atoms with Crippen molar-refractivity contribution < 1.29 is 9.18 Å². The molecule has 2 heterocycles. The van der Waals surface area contributed by atoms with Gasteiger partial charge in [0.15, 0.2) is 5.82 Å². The molecular weight excluding hydrogens is 407 g/mol. The molecule has 0 saturated carbocycles. The Morgan fingerprint density at radius 3 is 2.66 bits per heavy atom. The predicted octanol–water partition coefficient (Wildman–Crippen LogP) is 4.13. The molecule has 8 heteroatoms. The number of benzene rings is 2. The van der Waals surface area contributed by atoms with Crippen LogP contribution in [0.3, 0.4) is 0 Å². The number of aromatic nitrogens is 2. The number of nitrogens with zero attached hydrogens (tertiary/aromatic N) is 4. The van der Waals surface area contributed by atoms with Crippen molar-refractivity contribution in [3.05, 3.63) is 58.3 Å². The second-order valence-electron chi connectivity index (χ2n) is 8.13. The van der Waals surface area contributed by atoms with E-state index in [9.17, 15) is 14.4 Å². The number of amides is 1. The van der Waals surface area contributed by atoms with Crippen molar-refractivity contribution in [3.8, 4) is 6.07 Å². The maximum Gasteiger partial charge on any atom is 0.256 e. The summed E-state index contributed by atoms with van der Waals surface area (Å²) in [6.07, 6.45) is -0.953. The summed E-state index contributed by atoms with van der Waals surface area (Å²) in [7, 11) is 1.75. The molecule has 1 atom stereocenters. The number of hydrogen-bond donors (Lipinski definition) is 2. The van der Waals surface area contributed by atoms with Gasteiger partial charge in [0.2, 0.25) is 0 Å². The van der Waals surface area contributed by atoms with Crippen LogP contribution < -0.4 is 10.6 Å². The Kier molecular flexibility index (Phi) is 5.66. The van der Waals surface area contributed by atoms with Crippen LogP contribution in [0.5, 0.6) is 0 Å². The number of likely N-dealkylation sites (tertiary alicyclic amines) is 1. The van der Waals surface area contributed by atoms with Crippen LogP contribution in [0.25, 0.3) is 10.8 Å². The number of nitriles is 1. The average Bonchev–Trinajstić information content (AvgIpc) is 2.77. The van der Waals surface area contributed by atoms with E-state index in [0.717, 1.165) is 21.9 Å². The molecule has 1 unspecified atom stereocenters. The number of hydrogen-bond acceptors (Lipinski definition) is 6. The summed E-state index contributed by atoms with van der Waals surface area (Å²) >= 11 is 0. The van der Waals surface area contributed by atoms with E-state index in [0.29, 0.717) is 28.3 Å². The minimum Gasteiger partial charge on any atom is -0.387 e. The number of aryl methyl sites for hydroxylation is 1. The first kappa shape index (κ1) is 21.5. The van der Waals surface area contributed by atoms with Crippen LogP contribution in [0, 0.1) is 25.2 Å². The maximum absolute atomic E-state index is 13.3. The van der Waals surface area contributed by atoms with Gasteiger partial charge in [-0.15, -0.1) is 5.10 Å². The molecule has 0 spiro atoms. The molecule has 2 N–H and O–H groups in total. The summed E-state index contributed by atoms with van der Waals surface area (Å²) < 4.78 is 13.3. The minimum absolute atomic E-state index is 0.120. The SMILES string of the molecule is CNc1cc2c(NC(C)c3cccc(C#N)c3C)nnc(C)c2cc1C(=O)N1CC(F)C1. The summed E-state index contributed by atoms with van der Waals surface area (Å²) in [4.78, 5) is 14.4. The number of carbonyl (C=O) groups is 1. The molecule has 32 heavy (non-hydrogen) atoms. The van der Waals surface area contributed by atoms with E-state index in [-0.39, 0.29) is 25.0 Å². The molecule has 0 radical (unpaired) electrons. The molecule has 1 aromatic heterocycles. The van der Waals surface area contributed by atoms with Crippen LogP contribution in [0.2, 0.25) is 0 Å². The van der Waals surface area contributed by atoms with Gasteiger partial charge in [-0.05, 0) is 50.1 Å². The first-order valence-electron chi connectivity index (χ1n) is 10.5. The topological polar surface area (TPSA) is 93.9 Å². The van der Waals surface area contributed by atoms with Crippen LogP contribution in [0.15, 0.2) is 30.3 Å². The van der Waals surface area contributed by atoms with Gasteiger partial charge in [0.25, 0.3) is 5.91 Å². The van der Waals surface area contributed by atoms with Crippen molar-refractivity contribution in [3.63, 3.8) is 0 Å². The fourth-order valence-corrected chi connectivity index (χ4v) is 4.11. The van der Waals surface area contributed by atoms with Crippen molar-refractivity contribution in [2.45, 2.75) is 33.0 Å². The Morgan fingerprint density at radius 2 is 2.00 bits per heavy atom. The Morgan fingerprint density at radius 1 is 1.25 bits per heavy atom. The highest BCUT2D eigenvalue weighted by molar-refractivity contribution is 6.07. The van der Waals surface area contributed by atoms with Crippen molar-refractivity contribution in [1.82, 2.24) is 15.1 Å². The summed E-state index contributed by atoms with van der Waals surface area (Å²) in [5.41, 5.74) is 4.39. The molecule has 0 bridgehead atoms. The molecule has 1 aliphatic heterocycles. The van der Waals surface area contributed by atoms with E-state index < -0.39 is 6.17 Å². The zero-order chi connectivity index (χ0) is 23.0. The first-order chi connectivity index (χ1) is 15.3. The summed E-state index contributed by atoms with van der Waals surface area (Å²) in [6, 6.07) is 11.4. The molecule has 1 saturated heterocycles. The average molecular weight is 433 g/mol. The molecule has 0 aliphatic carbocycles. The number of fused-ring (bicyclic) bond motifs is 1. The van der Waals surface area contributed by atoms with Gasteiger partial charge in [-0.1, -0.05) is 12.1 Å². The van der Waals surface area contributed by atoms with E-state index in [1.165, 1.54) is 4.90 Å². The number of rotatable bonds is 5. The third-order valence-electron chi connectivity index (χ3n) is 6.04. The molecule has 1 fully saturated rings. The van der Waals surface area contributed by atoms with Gasteiger partial charge in [0.05, 0.1) is 42.0 Å². The lowest BCUT2D eigenvalue weighted by Gasteiger charge is -2.34. The minimum atomic E-state index is -0.953. The third-order valence-corrected chi connectivity index (χ3v) is 6.04. The zero-order valence-corrected chi connectivity index (χ0v) is 18.5. The number of carbonyl (C=O) groups excluding carboxylic acids is 1. The lowest BCUT2D eigenvalue weighted by molar-refractivity contribution is 0.0401. The Hall–Kier alpha value is -3.73. The van der Waals surface area contributed by atoms with Crippen LogP contribution in [0.1, 0.15) is 45.7 Å². The van der Waals surface area contributed by atoms with Gasteiger partial charge >= 0.3 is 0 Å². The van der Waals surface area contributed by atoms with Crippen LogP contribution in [-0.4, -0.2) is 47.3 Å². The van der Waals surface area contributed by atoms with Crippen molar-refractivity contribution >= 4 is 28.2 Å². The van der Waals surface area contributed by atoms with Gasteiger partial charge in [-0.25, -0.2) is 4.39 Å². The van der Waals surface area contributed by atoms with Crippen molar-refractivity contribution in [2.24, 2.45) is 0 Å². The van der Waals surface area contributed by atoms with Gasteiger partial charge in [-0.2, -0.15) is 10.4 Å². The second-order valence-corrected chi connectivity index (χ2v) is 8.13. The Bertz CT molecular complexity index is 1250. The van der Waals surface area contributed by atoms with Gasteiger partial charge in [0, 0.05) is 23.5 Å². The maximum atomic E-state index is 13.3. The predicted molar refractivity (Wildman–Crippen MR) is 123 cm³/mol. The van der Waals surface area contributed by atoms with Crippen molar-refractivity contribution in [1.29, 1.82) is 5.26 Å². The lowest BCUT2D eigenvalue weighted by atomic mass is 9.97. The fourth-order valence-electron chi connectivity index (χ4n) is 4.11. The quantitative estimate of drug-likeness (QED) is 0.630. The summed E-state index contributed by atoms with van der Waals surface area (Å²) in [5.74, 6) is 0.385.